The summed E-state index contributed by atoms with van der Waals surface area (Å²) in [5, 5.41) is 66.0. The minimum Gasteiger partial charge on any atom is -0.548 e. The van der Waals surface area contributed by atoms with Crippen LogP contribution in [0, 0.1) is 0 Å². The van der Waals surface area contributed by atoms with Crippen molar-refractivity contribution in [1.29, 1.82) is 0 Å². The van der Waals surface area contributed by atoms with Gasteiger partial charge in [0, 0.05) is 0 Å². The van der Waals surface area contributed by atoms with Crippen molar-refractivity contribution >= 4 is 99.4 Å². The van der Waals surface area contributed by atoms with Crippen molar-refractivity contribution in [1.82, 2.24) is 0 Å². The fourth-order valence-electron chi connectivity index (χ4n) is 0. The Kier molecular flexibility index (Phi) is 57.0. The van der Waals surface area contributed by atoms with Crippen molar-refractivity contribution in [3.8, 4) is 0 Å². The summed E-state index contributed by atoms with van der Waals surface area (Å²) >= 11 is 0. The molecule has 0 fully saturated rings. The molecule has 12 nitrogen and oxygen atoms in total. The van der Waals surface area contributed by atoms with Crippen LogP contribution in [0.4, 0.5) is 0 Å². The van der Waals surface area contributed by atoms with E-state index >= 15 is 0 Å². The predicted molar refractivity (Wildman–Crippen MR) is 59.9 cm³/mol. The number of carboxylic acid groups (broad SMARTS) is 4. The topological polar surface area (TPSA) is 241 Å². The maximum Gasteiger partial charge on any atom is 2.00 e. The minimum absolute atomic E-state index is 0. The molecule has 0 saturated heterocycles. The van der Waals surface area contributed by atoms with Crippen molar-refractivity contribution < 1.29 is 60.0 Å². The molecule has 0 heterocycles. The molecule has 0 spiro atoms. The van der Waals surface area contributed by atoms with Crippen molar-refractivity contribution in [3.63, 3.8) is 0 Å². The summed E-state index contributed by atoms with van der Waals surface area (Å²) in [6.45, 7) is -3.56. The zero-order valence-electron chi connectivity index (χ0n) is 11.3. The smallest absolute Gasteiger partial charge is 0.548 e. The summed E-state index contributed by atoms with van der Waals surface area (Å²) in [7, 11) is 0. The molecule has 0 radical (unpaired) electrons. The fraction of sp³-hybridized carbons (Fsp3) is 0.500. The van der Waals surface area contributed by atoms with E-state index in [1.165, 1.54) is 0 Å². The van der Waals surface area contributed by atoms with Gasteiger partial charge in [-0.2, -0.15) is 0 Å². The van der Waals surface area contributed by atoms with Gasteiger partial charge in [-0.15, -0.1) is 0 Å². The van der Waals surface area contributed by atoms with Gasteiger partial charge in [0.05, 0.1) is 50.3 Å². The second-order valence-electron chi connectivity index (χ2n) is 2.12. The van der Waals surface area contributed by atoms with Gasteiger partial charge in [0.2, 0.25) is 0 Å². The second-order valence-corrected chi connectivity index (χ2v) is 2.12. The van der Waals surface area contributed by atoms with Crippen molar-refractivity contribution in [2.24, 2.45) is 0 Å². The Balaban J connectivity index is -0.0000000376. The van der Waals surface area contributed by atoms with Gasteiger partial charge in [-0.05, 0) is 0 Å². The van der Waals surface area contributed by atoms with E-state index in [1.807, 2.05) is 0 Å². The van der Waals surface area contributed by atoms with Crippen LogP contribution in [0.5, 0.6) is 0 Å². The van der Waals surface area contributed by atoms with Crippen LogP contribution < -0.4 is 20.4 Å². The van der Waals surface area contributed by atoms with Gasteiger partial charge in [-0.25, -0.2) is 0 Å². The van der Waals surface area contributed by atoms with E-state index in [1.54, 1.807) is 0 Å². The molecule has 0 aliphatic rings. The molecule has 0 unspecified atom stereocenters. The summed E-state index contributed by atoms with van der Waals surface area (Å²) in [6, 6.07) is 0. The second kappa shape index (κ2) is 33.0. The Morgan fingerprint density at radius 2 is 0.545 bits per heavy atom. The molecule has 0 aliphatic carbocycles. The van der Waals surface area contributed by atoms with Crippen LogP contribution in [0.15, 0.2) is 0 Å². The average molecular weight is 380 g/mol. The number of hydrogen-bond acceptors (Lipinski definition) is 12. The molecule has 0 aromatic carbocycles. The summed E-state index contributed by atoms with van der Waals surface area (Å²) in [4.78, 5) is 36.0. The first kappa shape index (κ1) is 38.0. The van der Waals surface area contributed by atoms with Crippen LogP contribution in [-0.4, -0.2) is 146 Å². The number of aliphatic carboxylic acids is 4. The molecule has 0 aromatic rings. The van der Waals surface area contributed by atoms with E-state index < -0.39 is 50.3 Å². The quantitative estimate of drug-likeness (QED) is 0.332. The Bertz CT molecular complexity index is 226. The van der Waals surface area contributed by atoms with Crippen LogP contribution in [0.1, 0.15) is 0 Å². The van der Waals surface area contributed by atoms with E-state index in [4.69, 9.17) is 60.0 Å². The number of rotatable bonds is 4. The number of hydrogen-bond donors (Lipinski definition) is 4. The van der Waals surface area contributed by atoms with E-state index in [2.05, 4.69) is 0 Å². The number of carbonyl (C=O) groups is 4. The van der Waals surface area contributed by atoms with Gasteiger partial charge in [-0.3, -0.25) is 0 Å². The Morgan fingerprint density at radius 3 is 0.545 bits per heavy atom. The molecular formula is C8H12Ca2O12. The largest absolute Gasteiger partial charge is 2.00 e. The summed E-state index contributed by atoms with van der Waals surface area (Å²) in [6.07, 6.45) is 0. The van der Waals surface area contributed by atoms with Crippen molar-refractivity contribution in [2.45, 2.75) is 0 Å². The molecule has 22 heavy (non-hydrogen) atoms. The maximum absolute atomic E-state index is 9.01. The third kappa shape index (κ3) is 110. The first-order chi connectivity index (χ1) is 9.08. The third-order valence-electron chi connectivity index (χ3n) is 0.516. The first-order valence-corrected chi connectivity index (χ1v) is 4.31. The molecule has 0 rings (SSSR count). The van der Waals surface area contributed by atoms with E-state index in [0.717, 1.165) is 0 Å². The van der Waals surface area contributed by atoms with Crippen LogP contribution >= 0.6 is 0 Å². The Hall–Kier alpha value is 0.239. The molecule has 0 saturated carbocycles. The number of aliphatic hydroxyl groups excluding tert-OH is 4. The zero-order valence-corrected chi connectivity index (χ0v) is 15.7. The average Bonchev–Trinajstić information content (AvgIpc) is 2.40. The van der Waals surface area contributed by atoms with Gasteiger partial charge in [0.1, 0.15) is 0 Å². The molecule has 4 N–H and O–H groups in total. The van der Waals surface area contributed by atoms with E-state index in [0.29, 0.717) is 0 Å². The van der Waals surface area contributed by atoms with Gasteiger partial charge >= 0.3 is 75.5 Å². The van der Waals surface area contributed by atoms with Crippen molar-refractivity contribution in [2.75, 3.05) is 26.4 Å². The van der Waals surface area contributed by atoms with Crippen LogP contribution in [0.2, 0.25) is 0 Å². The summed E-state index contributed by atoms with van der Waals surface area (Å²) < 4.78 is 0. The van der Waals surface area contributed by atoms with Crippen LogP contribution in [0.3, 0.4) is 0 Å². The minimum atomic E-state index is -1.44. The van der Waals surface area contributed by atoms with Crippen molar-refractivity contribution in [3.05, 3.63) is 0 Å². The molecule has 120 valence electrons. The maximum atomic E-state index is 9.01. The molecule has 0 aromatic heterocycles. The number of aliphatic hydroxyl groups is 4. The molecule has 0 amide bonds. The zero-order chi connectivity index (χ0) is 17.1. The molecule has 0 bridgehead atoms. The number of carboxylic acids is 4. The van der Waals surface area contributed by atoms with Gasteiger partial charge in [0.15, 0.2) is 0 Å². The summed E-state index contributed by atoms with van der Waals surface area (Å²) in [5.41, 5.74) is 0. The fourth-order valence-corrected chi connectivity index (χ4v) is 0. The van der Waals surface area contributed by atoms with Gasteiger partial charge in [-0.1, -0.05) is 0 Å². The standard InChI is InChI=1S/4C2H4O3.2Ca/c4*3-1-2(4)5;;/h4*3H,1H2,(H,4,5);;/q;;;;2*+2/p-4. The third-order valence-corrected chi connectivity index (χ3v) is 0.516. The molecule has 0 atom stereocenters. The predicted octanol–water partition coefficient (Wildman–Crippen LogP) is -9.85. The van der Waals surface area contributed by atoms with Crippen LogP contribution in [-0.2, 0) is 19.2 Å². The SMILES string of the molecule is O=C([O-])CO.O=C([O-])CO.O=C([O-])CO.O=C([O-])CO.[Ca+2].[Ca+2]. The first-order valence-electron chi connectivity index (χ1n) is 4.31. The number of carbonyl (C=O) groups excluding carboxylic acids is 4. The summed E-state index contributed by atoms with van der Waals surface area (Å²) in [5.74, 6) is -5.76. The van der Waals surface area contributed by atoms with E-state index in [9.17, 15) is 0 Å². The molecular weight excluding hydrogens is 368 g/mol. The molecule has 14 heteroatoms. The molecule has 0 aliphatic heterocycles. The van der Waals surface area contributed by atoms with Gasteiger partial charge in [0.25, 0.3) is 0 Å². The van der Waals surface area contributed by atoms with E-state index in [-0.39, 0.29) is 75.5 Å². The van der Waals surface area contributed by atoms with Gasteiger partial charge < -0.3 is 60.0 Å². The monoisotopic (exact) mass is 380 g/mol. The normalized spacial score (nSPS) is 6.73. The van der Waals surface area contributed by atoms with Crippen LogP contribution in [0.25, 0.3) is 0 Å². The Labute approximate surface area is 184 Å². The Morgan fingerprint density at radius 1 is 0.500 bits per heavy atom.